The smallest absolute Gasteiger partial charge is 0.407 e. The van der Waals surface area contributed by atoms with Gasteiger partial charge in [0.1, 0.15) is 5.60 Å². The van der Waals surface area contributed by atoms with Crippen LogP contribution in [0.15, 0.2) is 0 Å². The lowest BCUT2D eigenvalue weighted by atomic mass is 9.89. The molecule has 5 heteroatoms. The molecule has 17 heavy (non-hydrogen) atoms. The summed E-state index contributed by atoms with van der Waals surface area (Å²) in [6, 6.07) is 0.159. The fourth-order valence-electron chi connectivity index (χ4n) is 2.04. The van der Waals surface area contributed by atoms with Crippen molar-refractivity contribution >= 4 is 6.09 Å². The van der Waals surface area contributed by atoms with Gasteiger partial charge < -0.3 is 20.5 Å². The van der Waals surface area contributed by atoms with Gasteiger partial charge in [0, 0.05) is 13.2 Å². The van der Waals surface area contributed by atoms with Gasteiger partial charge >= 0.3 is 6.09 Å². The Kier molecular flexibility index (Phi) is 4.77. The molecule has 0 aromatic carbocycles. The lowest BCUT2D eigenvalue weighted by molar-refractivity contribution is 0.0178. The molecule has 0 bridgehead atoms. The lowest BCUT2D eigenvalue weighted by Gasteiger charge is -2.34. The number of carbonyl (C=O) groups excluding carboxylic acids is 1. The van der Waals surface area contributed by atoms with Crippen LogP contribution in [0.3, 0.4) is 0 Å². The van der Waals surface area contributed by atoms with Gasteiger partial charge in [0.15, 0.2) is 0 Å². The maximum atomic E-state index is 11.6. The summed E-state index contributed by atoms with van der Waals surface area (Å²) in [7, 11) is 1.65. The molecule has 100 valence electrons. The maximum Gasteiger partial charge on any atom is 0.407 e. The Labute approximate surface area is 103 Å². The molecule has 0 aromatic heterocycles. The van der Waals surface area contributed by atoms with Crippen LogP contribution in [-0.4, -0.2) is 37.0 Å². The summed E-state index contributed by atoms with van der Waals surface area (Å²) in [6.07, 6.45) is 2.10. The van der Waals surface area contributed by atoms with E-state index in [9.17, 15) is 4.79 Å². The first-order valence-electron chi connectivity index (χ1n) is 6.09. The molecule has 0 heterocycles. The highest BCUT2D eigenvalue weighted by atomic mass is 16.6. The van der Waals surface area contributed by atoms with Gasteiger partial charge in [-0.05, 0) is 40.0 Å². The molecular weight excluding hydrogens is 220 g/mol. The number of rotatable bonds is 2. The zero-order valence-corrected chi connectivity index (χ0v) is 11.2. The highest BCUT2D eigenvalue weighted by Gasteiger charge is 2.31. The van der Waals surface area contributed by atoms with Gasteiger partial charge in [0.2, 0.25) is 0 Å². The first kappa shape index (κ1) is 14.3. The first-order valence-corrected chi connectivity index (χ1v) is 6.09. The van der Waals surface area contributed by atoms with E-state index in [4.69, 9.17) is 15.2 Å². The summed E-state index contributed by atoms with van der Waals surface area (Å²) in [5, 5.41) is 2.86. The molecular formula is C12H24N2O3. The minimum absolute atomic E-state index is 0.00495. The van der Waals surface area contributed by atoms with E-state index in [1.54, 1.807) is 7.11 Å². The van der Waals surface area contributed by atoms with Crippen molar-refractivity contribution in [3.05, 3.63) is 0 Å². The molecule has 1 saturated carbocycles. The average molecular weight is 244 g/mol. The Balaban J connectivity index is 2.47. The van der Waals surface area contributed by atoms with Crippen LogP contribution in [0.25, 0.3) is 0 Å². The van der Waals surface area contributed by atoms with E-state index in [1.807, 2.05) is 20.8 Å². The number of nitrogens with two attached hydrogens (primary N) is 1. The van der Waals surface area contributed by atoms with Crippen molar-refractivity contribution in [1.82, 2.24) is 5.32 Å². The van der Waals surface area contributed by atoms with Crippen molar-refractivity contribution in [3.8, 4) is 0 Å². The Bertz CT molecular complexity index is 263. The van der Waals surface area contributed by atoms with Crippen LogP contribution < -0.4 is 11.1 Å². The molecule has 0 unspecified atom stereocenters. The topological polar surface area (TPSA) is 73.6 Å². The Morgan fingerprint density at radius 2 is 2.00 bits per heavy atom. The van der Waals surface area contributed by atoms with Crippen LogP contribution in [0, 0.1) is 0 Å². The summed E-state index contributed by atoms with van der Waals surface area (Å²) in [5.74, 6) is 0. The standard InChI is InChI=1S/C12H24N2O3/c1-12(2,3)17-11(15)14-9-6-5-8(13)7-10(9)16-4/h8-10H,5-7,13H2,1-4H3,(H,14,15)/t8-,9-,10+/m0/s1. The molecule has 0 radical (unpaired) electrons. The zero-order chi connectivity index (χ0) is 13.1. The first-order chi connectivity index (χ1) is 7.81. The number of alkyl carbamates (subject to hydrolysis) is 1. The SMILES string of the molecule is CO[C@@H]1C[C@@H](N)CC[C@@H]1NC(=O)OC(C)(C)C. The van der Waals surface area contributed by atoms with Crippen molar-refractivity contribution in [2.24, 2.45) is 5.73 Å². The average Bonchev–Trinajstić information content (AvgIpc) is 2.17. The fourth-order valence-corrected chi connectivity index (χ4v) is 2.04. The minimum Gasteiger partial charge on any atom is -0.444 e. The van der Waals surface area contributed by atoms with E-state index in [0.717, 1.165) is 19.3 Å². The largest absolute Gasteiger partial charge is 0.444 e. The number of amides is 1. The molecule has 0 aromatic rings. The van der Waals surface area contributed by atoms with Crippen LogP contribution in [0.4, 0.5) is 4.79 Å². The quantitative estimate of drug-likeness (QED) is 0.770. The van der Waals surface area contributed by atoms with E-state index in [0.29, 0.717) is 0 Å². The van der Waals surface area contributed by atoms with Crippen molar-refractivity contribution < 1.29 is 14.3 Å². The van der Waals surface area contributed by atoms with E-state index < -0.39 is 5.60 Å². The summed E-state index contributed by atoms with van der Waals surface area (Å²) in [4.78, 5) is 11.6. The van der Waals surface area contributed by atoms with Gasteiger partial charge in [-0.2, -0.15) is 0 Å². The summed E-state index contributed by atoms with van der Waals surface area (Å²) in [5.41, 5.74) is 5.40. The van der Waals surface area contributed by atoms with Crippen LogP contribution in [-0.2, 0) is 9.47 Å². The second-order valence-electron chi connectivity index (χ2n) is 5.60. The second-order valence-corrected chi connectivity index (χ2v) is 5.60. The van der Waals surface area contributed by atoms with Gasteiger partial charge in [-0.1, -0.05) is 0 Å². The molecule has 0 aliphatic heterocycles. The molecule has 1 rings (SSSR count). The van der Waals surface area contributed by atoms with Crippen molar-refractivity contribution in [2.75, 3.05) is 7.11 Å². The highest BCUT2D eigenvalue weighted by molar-refractivity contribution is 5.68. The number of hydrogen-bond acceptors (Lipinski definition) is 4. The van der Waals surface area contributed by atoms with Gasteiger partial charge in [0.25, 0.3) is 0 Å². The zero-order valence-electron chi connectivity index (χ0n) is 11.2. The Morgan fingerprint density at radius 1 is 1.35 bits per heavy atom. The summed E-state index contributed by atoms with van der Waals surface area (Å²) < 4.78 is 10.6. The number of nitrogens with one attached hydrogen (secondary N) is 1. The summed E-state index contributed by atoms with van der Waals surface area (Å²) >= 11 is 0. The molecule has 5 nitrogen and oxygen atoms in total. The third-order valence-corrected chi connectivity index (χ3v) is 2.84. The molecule has 3 atom stereocenters. The second kappa shape index (κ2) is 5.69. The Morgan fingerprint density at radius 3 is 2.53 bits per heavy atom. The van der Waals surface area contributed by atoms with Crippen molar-refractivity contribution in [1.29, 1.82) is 0 Å². The molecule has 0 saturated heterocycles. The lowest BCUT2D eigenvalue weighted by Crippen LogP contribution is -2.51. The molecule has 1 fully saturated rings. The predicted octanol–water partition coefficient (Wildman–Crippen LogP) is 1.41. The Hall–Kier alpha value is -0.810. The fraction of sp³-hybridized carbons (Fsp3) is 0.917. The number of carbonyl (C=O) groups is 1. The van der Waals surface area contributed by atoms with Crippen LogP contribution in [0.5, 0.6) is 0 Å². The normalized spacial score (nSPS) is 29.8. The molecule has 1 aliphatic rings. The van der Waals surface area contributed by atoms with Crippen LogP contribution in [0.2, 0.25) is 0 Å². The van der Waals surface area contributed by atoms with E-state index in [-0.39, 0.29) is 24.3 Å². The van der Waals surface area contributed by atoms with Crippen LogP contribution in [0.1, 0.15) is 40.0 Å². The molecule has 3 N–H and O–H groups in total. The van der Waals surface area contributed by atoms with Crippen LogP contribution >= 0.6 is 0 Å². The highest BCUT2D eigenvalue weighted by Crippen LogP contribution is 2.20. The van der Waals surface area contributed by atoms with Gasteiger partial charge in [-0.3, -0.25) is 0 Å². The number of hydrogen-bond donors (Lipinski definition) is 2. The van der Waals surface area contributed by atoms with Gasteiger partial charge in [0.05, 0.1) is 12.1 Å². The number of ether oxygens (including phenoxy) is 2. The van der Waals surface area contributed by atoms with E-state index in [2.05, 4.69) is 5.32 Å². The monoisotopic (exact) mass is 244 g/mol. The maximum absolute atomic E-state index is 11.6. The van der Waals surface area contributed by atoms with Crippen molar-refractivity contribution in [2.45, 2.75) is 63.8 Å². The minimum atomic E-state index is -0.474. The van der Waals surface area contributed by atoms with E-state index >= 15 is 0 Å². The third-order valence-electron chi connectivity index (χ3n) is 2.84. The predicted molar refractivity (Wildman–Crippen MR) is 65.8 cm³/mol. The molecule has 1 amide bonds. The van der Waals surface area contributed by atoms with Gasteiger partial charge in [-0.25, -0.2) is 4.79 Å². The molecule has 0 spiro atoms. The van der Waals surface area contributed by atoms with Gasteiger partial charge in [-0.15, -0.1) is 0 Å². The number of methoxy groups -OCH3 is 1. The van der Waals surface area contributed by atoms with E-state index in [1.165, 1.54) is 0 Å². The summed E-state index contributed by atoms with van der Waals surface area (Å²) in [6.45, 7) is 5.53. The molecule has 1 aliphatic carbocycles. The third kappa shape index (κ3) is 4.91. The van der Waals surface area contributed by atoms with Crippen molar-refractivity contribution in [3.63, 3.8) is 0 Å².